The standard InChI is InChI=1S/C15H15FN2O2S2/c1-8-6-10(16)4-5-12(8)17-15(21)18-13-11(14(19)20-3)7-9(2)22-13/h4-7H,1-3H3,(H2,17,18,21). The highest BCUT2D eigenvalue weighted by Crippen LogP contribution is 2.28. The van der Waals surface area contributed by atoms with Crippen LogP contribution < -0.4 is 10.6 Å². The Balaban J connectivity index is 2.14. The lowest BCUT2D eigenvalue weighted by molar-refractivity contribution is 0.0602. The van der Waals surface area contributed by atoms with E-state index in [1.807, 2.05) is 6.92 Å². The van der Waals surface area contributed by atoms with Gasteiger partial charge in [-0.3, -0.25) is 0 Å². The Kier molecular flexibility index (Phi) is 5.10. The van der Waals surface area contributed by atoms with Gasteiger partial charge in [-0.15, -0.1) is 11.3 Å². The number of thiocarbonyl (C=S) groups is 1. The molecule has 0 bridgehead atoms. The molecule has 0 atom stereocenters. The molecule has 7 heteroatoms. The van der Waals surface area contributed by atoms with Crippen molar-refractivity contribution in [3.63, 3.8) is 0 Å². The molecule has 22 heavy (non-hydrogen) atoms. The molecule has 0 spiro atoms. The SMILES string of the molecule is COC(=O)c1cc(C)sc1NC(=S)Nc1ccc(F)cc1C. The molecular formula is C15H15FN2O2S2. The van der Waals surface area contributed by atoms with Crippen LogP contribution in [0.2, 0.25) is 0 Å². The van der Waals surface area contributed by atoms with E-state index in [1.54, 1.807) is 19.1 Å². The largest absolute Gasteiger partial charge is 0.465 e. The number of carbonyl (C=O) groups is 1. The van der Waals surface area contributed by atoms with E-state index in [9.17, 15) is 9.18 Å². The van der Waals surface area contributed by atoms with Crippen molar-refractivity contribution in [3.05, 3.63) is 46.1 Å². The number of hydrogen-bond donors (Lipinski definition) is 2. The summed E-state index contributed by atoms with van der Waals surface area (Å²) in [4.78, 5) is 12.7. The molecular weight excluding hydrogens is 323 g/mol. The van der Waals surface area contributed by atoms with E-state index in [0.717, 1.165) is 10.4 Å². The van der Waals surface area contributed by atoms with Gasteiger partial charge in [-0.25, -0.2) is 9.18 Å². The molecule has 0 unspecified atom stereocenters. The van der Waals surface area contributed by atoms with E-state index < -0.39 is 5.97 Å². The minimum absolute atomic E-state index is 0.302. The number of hydrogen-bond acceptors (Lipinski definition) is 4. The summed E-state index contributed by atoms with van der Waals surface area (Å²) in [5.41, 5.74) is 1.87. The third-order valence-corrected chi connectivity index (χ3v) is 4.09. The second-order valence-electron chi connectivity index (χ2n) is 4.63. The van der Waals surface area contributed by atoms with Gasteiger partial charge in [0.2, 0.25) is 0 Å². The van der Waals surface area contributed by atoms with Gasteiger partial charge < -0.3 is 15.4 Å². The summed E-state index contributed by atoms with van der Waals surface area (Å²) in [6, 6.07) is 6.12. The first-order valence-electron chi connectivity index (χ1n) is 6.43. The molecule has 1 aromatic carbocycles. The van der Waals surface area contributed by atoms with Crippen molar-refractivity contribution in [3.8, 4) is 0 Å². The number of benzene rings is 1. The lowest BCUT2D eigenvalue weighted by Crippen LogP contribution is -2.20. The van der Waals surface area contributed by atoms with Crippen molar-refractivity contribution in [1.82, 2.24) is 0 Å². The summed E-state index contributed by atoms with van der Waals surface area (Å²) in [6.07, 6.45) is 0. The van der Waals surface area contributed by atoms with Crippen molar-refractivity contribution in [2.45, 2.75) is 13.8 Å². The van der Waals surface area contributed by atoms with Crippen molar-refractivity contribution in [2.24, 2.45) is 0 Å². The molecule has 0 saturated heterocycles. The number of halogens is 1. The molecule has 0 amide bonds. The first kappa shape index (κ1) is 16.4. The molecule has 2 N–H and O–H groups in total. The first-order valence-corrected chi connectivity index (χ1v) is 7.66. The minimum Gasteiger partial charge on any atom is -0.465 e. The summed E-state index contributed by atoms with van der Waals surface area (Å²) in [7, 11) is 1.33. The van der Waals surface area contributed by atoms with Crippen molar-refractivity contribution in [1.29, 1.82) is 0 Å². The molecule has 1 aromatic heterocycles. The second-order valence-corrected chi connectivity index (χ2v) is 6.29. The van der Waals surface area contributed by atoms with E-state index in [0.29, 0.717) is 21.4 Å². The summed E-state index contributed by atoms with van der Waals surface area (Å²) in [5.74, 6) is -0.726. The van der Waals surface area contributed by atoms with Gasteiger partial charge in [0, 0.05) is 10.6 Å². The molecule has 0 fully saturated rings. The van der Waals surface area contributed by atoms with Gasteiger partial charge in [0.15, 0.2) is 5.11 Å². The van der Waals surface area contributed by atoms with Crippen LogP contribution in [0.1, 0.15) is 20.8 Å². The average molecular weight is 338 g/mol. The molecule has 0 aliphatic carbocycles. The predicted octanol–water partition coefficient (Wildman–Crippen LogP) is 4.10. The number of carbonyl (C=O) groups excluding carboxylic acids is 1. The summed E-state index contributed by atoms with van der Waals surface area (Å²) < 4.78 is 17.8. The van der Waals surface area contributed by atoms with Gasteiger partial charge in [-0.2, -0.15) is 0 Å². The lowest BCUT2D eigenvalue weighted by Gasteiger charge is -2.12. The van der Waals surface area contributed by atoms with E-state index in [-0.39, 0.29) is 5.82 Å². The Morgan fingerprint density at radius 2 is 2.00 bits per heavy atom. The summed E-state index contributed by atoms with van der Waals surface area (Å²) >= 11 is 6.64. The van der Waals surface area contributed by atoms with Crippen LogP contribution in [-0.2, 0) is 4.74 Å². The maximum atomic E-state index is 13.1. The molecule has 1 heterocycles. The molecule has 116 valence electrons. The number of esters is 1. The van der Waals surface area contributed by atoms with Gasteiger partial charge >= 0.3 is 5.97 Å². The third-order valence-electron chi connectivity index (χ3n) is 2.92. The molecule has 0 saturated carbocycles. The van der Waals surface area contributed by atoms with Crippen LogP contribution in [0.5, 0.6) is 0 Å². The number of rotatable bonds is 3. The molecule has 0 radical (unpaired) electrons. The van der Waals surface area contributed by atoms with Crippen molar-refractivity contribution in [2.75, 3.05) is 17.7 Å². The average Bonchev–Trinajstić information content (AvgIpc) is 2.81. The maximum absolute atomic E-state index is 13.1. The van der Waals surface area contributed by atoms with Crippen LogP contribution in [0.4, 0.5) is 15.1 Å². The van der Waals surface area contributed by atoms with Crippen molar-refractivity contribution < 1.29 is 13.9 Å². The Morgan fingerprint density at radius 3 is 2.64 bits per heavy atom. The minimum atomic E-state index is -0.424. The molecule has 2 aromatic rings. The van der Waals surface area contributed by atoms with Gasteiger partial charge in [-0.1, -0.05) is 0 Å². The van der Waals surface area contributed by atoms with Crippen LogP contribution in [-0.4, -0.2) is 18.2 Å². The van der Waals surface area contributed by atoms with Gasteiger partial charge in [0.25, 0.3) is 0 Å². The first-order chi connectivity index (χ1) is 10.4. The van der Waals surface area contributed by atoms with E-state index >= 15 is 0 Å². The van der Waals surface area contributed by atoms with Crippen LogP contribution in [0.15, 0.2) is 24.3 Å². The number of ether oxygens (including phenoxy) is 1. The summed E-state index contributed by atoms with van der Waals surface area (Å²) in [6.45, 7) is 3.67. The summed E-state index contributed by atoms with van der Waals surface area (Å²) in [5, 5.41) is 6.90. The third kappa shape index (κ3) is 3.80. The monoisotopic (exact) mass is 338 g/mol. The number of anilines is 2. The Bertz CT molecular complexity index is 728. The van der Waals surface area contributed by atoms with Crippen LogP contribution in [0, 0.1) is 19.7 Å². The normalized spacial score (nSPS) is 10.2. The fourth-order valence-corrected chi connectivity index (χ4v) is 3.07. The van der Waals surface area contributed by atoms with Gasteiger partial charge in [0.05, 0.1) is 12.7 Å². The topological polar surface area (TPSA) is 50.4 Å². The smallest absolute Gasteiger partial charge is 0.340 e. The fraction of sp³-hybridized carbons (Fsp3) is 0.200. The number of methoxy groups -OCH3 is 1. The molecule has 0 aliphatic heterocycles. The Labute approximate surface area is 137 Å². The predicted molar refractivity (Wildman–Crippen MR) is 91.4 cm³/mol. The number of aryl methyl sites for hydroxylation is 2. The quantitative estimate of drug-likeness (QED) is 0.652. The van der Waals surface area contributed by atoms with Crippen LogP contribution in [0.25, 0.3) is 0 Å². The van der Waals surface area contributed by atoms with E-state index in [2.05, 4.69) is 10.6 Å². The maximum Gasteiger partial charge on any atom is 0.340 e. The fourth-order valence-electron chi connectivity index (χ4n) is 1.89. The van der Waals surface area contributed by atoms with Gasteiger partial charge in [-0.05, 0) is 55.9 Å². The zero-order valence-electron chi connectivity index (χ0n) is 12.3. The number of nitrogens with one attached hydrogen (secondary N) is 2. The molecule has 0 aliphatic rings. The van der Waals surface area contributed by atoms with Crippen LogP contribution in [0.3, 0.4) is 0 Å². The lowest BCUT2D eigenvalue weighted by atomic mass is 10.2. The Hall–Kier alpha value is -1.99. The molecule has 4 nitrogen and oxygen atoms in total. The van der Waals surface area contributed by atoms with E-state index in [4.69, 9.17) is 17.0 Å². The highest BCUT2D eigenvalue weighted by Gasteiger charge is 2.16. The zero-order valence-corrected chi connectivity index (χ0v) is 14.0. The van der Waals surface area contributed by atoms with Gasteiger partial charge in [0.1, 0.15) is 10.8 Å². The van der Waals surface area contributed by atoms with Crippen molar-refractivity contribution >= 4 is 45.3 Å². The second kappa shape index (κ2) is 6.85. The molecule has 2 rings (SSSR count). The van der Waals surface area contributed by atoms with Crippen LogP contribution >= 0.6 is 23.6 Å². The zero-order chi connectivity index (χ0) is 16.3. The highest BCUT2D eigenvalue weighted by molar-refractivity contribution is 7.80. The van der Waals surface area contributed by atoms with E-state index in [1.165, 1.54) is 30.6 Å². The number of thiophene rings is 1. The Morgan fingerprint density at radius 1 is 1.27 bits per heavy atom. The highest BCUT2D eigenvalue weighted by atomic mass is 32.1.